The van der Waals surface area contributed by atoms with Crippen molar-refractivity contribution in [3.05, 3.63) is 29.6 Å². The first-order chi connectivity index (χ1) is 8.90. The highest BCUT2D eigenvalue weighted by atomic mass is 19.1. The van der Waals surface area contributed by atoms with Gasteiger partial charge in [-0.15, -0.1) is 0 Å². The van der Waals surface area contributed by atoms with E-state index in [1.165, 1.54) is 6.07 Å². The van der Waals surface area contributed by atoms with Crippen molar-refractivity contribution in [1.29, 1.82) is 0 Å². The third kappa shape index (κ3) is 4.95. The Labute approximate surface area is 110 Å². The molecule has 0 heterocycles. The maximum absolute atomic E-state index is 12.8. The molecule has 0 fully saturated rings. The molecule has 0 aromatic heterocycles. The van der Waals surface area contributed by atoms with Crippen molar-refractivity contribution in [2.45, 2.75) is 32.2 Å². The van der Waals surface area contributed by atoms with Crippen LogP contribution in [0, 0.1) is 5.82 Å². The molecule has 1 rings (SSSR count). The number of carboxylic acids is 1. The van der Waals surface area contributed by atoms with Crippen LogP contribution in [0.2, 0.25) is 0 Å². The molecule has 6 heteroatoms. The molecule has 0 spiro atoms. The number of benzene rings is 1. The van der Waals surface area contributed by atoms with E-state index >= 15 is 0 Å². The van der Waals surface area contributed by atoms with Crippen LogP contribution in [0.3, 0.4) is 0 Å². The van der Waals surface area contributed by atoms with Crippen molar-refractivity contribution >= 4 is 11.9 Å². The average Bonchev–Trinajstić information content (AvgIpc) is 2.27. The third-order valence-corrected chi connectivity index (χ3v) is 2.61. The molecule has 0 saturated heterocycles. The molecule has 1 aromatic rings. The van der Waals surface area contributed by atoms with E-state index in [-0.39, 0.29) is 18.0 Å². The smallest absolute Gasteiger partial charge is 0.303 e. The molecule has 1 unspecified atom stereocenters. The van der Waals surface area contributed by atoms with Gasteiger partial charge in [0.2, 0.25) is 0 Å². The van der Waals surface area contributed by atoms with Gasteiger partial charge in [-0.25, -0.2) is 4.39 Å². The molecule has 1 atom stereocenters. The number of phenolic OH excluding ortho intramolecular Hbond substituents is 1. The highest BCUT2D eigenvalue weighted by molar-refractivity contribution is 5.96. The SMILES string of the molecule is CC(CCCC(=O)O)NC(=O)c1ccc(F)cc1O. The number of rotatable bonds is 6. The summed E-state index contributed by atoms with van der Waals surface area (Å²) in [5.41, 5.74) is -0.00788. The van der Waals surface area contributed by atoms with Crippen molar-refractivity contribution in [3.63, 3.8) is 0 Å². The number of hydrogen-bond acceptors (Lipinski definition) is 3. The van der Waals surface area contributed by atoms with E-state index in [9.17, 15) is 19.1 Å². The Morgan fingerprint density at radius 3 is 2.68 bits per heavy atom. The molecule has 104 valence electrons. The van der Waals surface area contributed by atoms with Crippen LogP contribution in [0.15, 0.2) is 18.2 Å². The third-order valence-electron chi connectivity index (χ3n) is 2.61. The quantitative estimate of drug-likeness (QED) is 0.736. The lowest BCUT2D eigenvalue weighted by Crippen LogP contribution is -2.32. The maximum Gasteiger partial charge on any atom is 0.303 e. The van der Waals surface area contributed by atoms with Gasteiger partial charge in [-0.3, -0.25) is 9.59 Å². The van der Waals surface area contributed by atoms with Crippen molar-refractivity contribution < 1.29 is 24.2 Å². The zero-order chi connectivity index (χ0) is 14.4. The zero-order valence-electron chi connectivity index (χ0n) is 10.5. The summed E-state index contributed by atoms with van der Waals surface area (Å²) in [5, 5.41) is 20.6. The van der Waals surface area contributed by atoms with E-state index in [0.29, 0.717) is 12.8 Å². The molecule has 5 nitrogen and oxygen atoms in total. The summed E-state index contributed by atoms with van der Waals surface area (Å²) in [5.74, 6) is -2.44. The van der Waals surface area contributed by atoms with Gasteiger partial charge in [0.1, 0.15) is 11.6 Å². The fourth-order valence-corrected chi connectivity index (χ4v) is 1.63. The summed E-state index contributed by atoms with van der Waals surface area (Å²) < 4.78 is 12.8. The number of carbonyl (C=O) groups excluding carboxylic acids is 1. The molecular formula is C13H16FNO4. The summed E-state index contributed by atoms with van der Waals surface area (Å²) in [7, 11) is 0. The average molecular weight is 269 g/mol. The fraction of sp³-hybridized carbons (Fsp3) is 0.385. The molecule has 0 bridgehead atoms. The molecular weight excluding hydrogens is 253 g/mol. The van der Waals surface area contributed by atoms with Crippen LogP contribution in [0.1, 0.15) is 36.5 Å². The van der Waals surface area contributed by atoms with E-state index in [1.807, 2.05) is 0 Å². The van der Waals surface area contributed by atoms with E-state index in [0.717, 1.165) is 12.1 Å². The first kappa shape index (κ1) is 14.9. The number of hydrogen-bond donors (Lipinski definition) is 3. The van der Waals surface area contributed by atoms with E-state index in [2.05, 4.69) is 5.32 Å². The minimum absolute atomic E-state index is 0.00788. The number of halogens is 1. The van der Waals surface area contributed by atoms with Crippen molar-refractivity contribution in [2.24, 2.45) is 0 Å². The molecule has 1 amide bonds. The predicted octanol–water partition coefficient (Wildman–Crippen LogP) is 1.90. The molecule has 0 aliphatic rings. The van der Waals surface area contributed by atoms with Crippen molar-refractivity contribution in [1.82, 2.24) is 5.32 Å². The summed E-state index contributed by atoms with van der Waals surface area (Å²) in [6.45, 7) is 1.74. The maximum atomic E-state index is 12.8. The number of carboxylic acid groups (broad SMARTS) is 1. The van der Waals surface area contributed by atoms with E-state index in [4.69, 9.17) is 5.11 Å². The van der Waals surface area contributed by atoms with Gasteiger partial charge in [0.05, 0.1) is 5.56 Å². The fourth-order valence-electron chi connectivity index (χ4n) is 1.63. The van der Waals surface area contributed by atoms with E-state index in [1.54, 1.807) is 6.92 Å². The number of amides is 1. The monoisotopic (exact) mass is 269 g/mol. The minimum Gasteiger partial charge on any atom is -0.507 e. The Morgan fingerprint density at radius 2 is 2.11 bits per heavy atom. The first-order valence-electron chi connectivity index (χ1n) is 5.91. The van der Waals surface area contributed by atoms with Crippen molar-refractivity contribution in [3.8, 4) is 5.75 Å². The Morgan fingerprint density at radius 1 is 1.42 bits per heavy atom. The number of phenols is 1. The van der Waals surface area contributed by atoms with Gasteiger partial charge in [0.25, 0.3) is 5.91 Å². The van der Waals surface area contributed by atoms with Gasteiger partial charge in [-0.05, 0) is 31.9 Å². The van der Waals surface area contributed by atoms with Crippen LogP contribution in [0.5, 0.6) is 5.75 Å². The number of nitrogens with one attached hydrogen (secondary N) is 1. The molecule has 0 aliphatic heterocycles. The second-order valence-electron chi connectivity index (χ2n) is 4.32. The van der Waals surface area contributed by atoms with Gasteiger partial charge in [-0.2, -0.15) is 0 Å². The standard InChI is InChI=1S/C13H16FNO4/c1-8(3-2-4-12(17)18)15-13(19)10-6-5-9(14)7-11(10)16/h5-8,16H,2-4H2,1H3,(H,15,19)(H,17,18). The van der Waals surface area contributed by atoms with E-state index < -0.39 is 23.4 Å². The van der Waals surface area contributed by atoms with Gasteiger partial charge in [0.15, 0.2) is 0 Å². The number of aliphatic carboxylic acids is 1. The predicted molar refractivity (Wildman–Crippen MR) is 66.5 cm³/mol. The second-order valence-corrected chi connectivity index (χ2v) is 4.32. The molecule has 1 aromatic carbocycles. The van der Waals surface area contributed by atoms with Crippen LogP contribution in [-0.4, -0.2) is 28.1 Å². The first-order valence-corrected chi connectivity index (χ1v) is 5.91. The van der Waals surface area contributed by atoms with Gasteiger partial charge >= 0.3 is 5.97 Å². The second kappa shape index (κ2) is 6.72. The normalized spacial score (nSPS) is 11.9. The van der Waals surface area contributed by atoms with Crippen LogP contribution < -0.4 is 5.32 Å². The Bertz CT molecular complexity index is 476. The van der Waals surface area contributed by atoms with Crippen LogP contribution in [-0.2, 0) is 4.79 Å². The molecule has 19 heavy (non-hydrogen) atoms. The van der Waals surface area contributed by atoms with Crippen LogP contribution in [0.25, 0.3) is 0 Å². The summed E-state index contributed by atoms with van der Waals surface area (Å²) in [6.07, 6.45) is 1.01. The number of carbonyl (C=O) groups is 2. The topological polar surface area (TPSA) is 86.6 Å². The lowest BCUT2D eigenvalue weighted by molar-refractivity contribution is -0.137. The summed E-state index contributed by atoms with van der Waals surface area (Å²) >= 11 is 0. The van der Waals surface area contributed by atoms with Crippen LogP contribution in [0.4, 0.5) is 4.39 Å². The largest absolute Gasteiger partial charge is 0.507 e. The highest BCUT2D eigenvalue weighted by Crippen LogP contribution is 2.18. The Kier molecular flexibility index (Phi) is 5.29. The Balaban J connectivity index is 2.52. The summed E-state index contributed by atoms with van der Waals surface area (Å²) in [4.78, 5) is 22.1. The minimum atomic E-state index is -0.880. The molecule has 0 saturated carbocycles. The van der Waals surface area contributed by atoms with Gasteiger partial charge < -0.3 is 15.5 Å². The molecule has 0 radical (unpaired) electrons. The van der Waals surface area contributed by atoms with Crippen LogP contribution >= 0.6 is 0 Å². The van der Waals surface area contributed by atoms with Crippen molar-refractivity contribution in [2.75, 3.05) is 0 Å². The lowest BCUT2D eigenvalue weighted by atomic mass is 10.1. The number of aromatic hydroxyl groups is 1. The summed E-state index contributed by atoms with van der Waals surface area (Å²) in [6, 6.07) is 2.92. The van der Waals surface area contributed by atoms with Gasteiger partial charge in [0, 0.05) is 18.5 Å². The lowest BCUT2D eigenvalue weighted by Gasteiger charge is -2.13. The molecule has 3 N–H and O–H groups in total. The zero-order valence-corrected chi connectivity index (χ0v) is 10.5. The highest BCUT2D eigenvalue weighted by Gasteiger charge is 2.14. The Hall–Kier alpha value is -2.11. The molecule has 0 aliphatic carbocycles. The van der Waals surface area contributed by atoms with Gasteiger partial charge in [-0.1, -0.05) is 0 Å².